The van der Waals surface area contributed by atoms with Crippen molar-refractivity contribution < 1.29 is 0 Å². The molecule has 0 saturated heterocycles. The molecule has 4 heteroatoms. The Morgan fingerprint density at radius 3 is 2.78 bits per heavy atom. The molecule has 98 valence electrons. The van der Waals surface area contributed by atoms with Gasteiger partial charge in [-0.05, 0) is 29.5 Å². The molecule has 2 rings (SSSR count). The minimum absolute atomic E-state index is 0.326. The zero-order valence-corrected chi connectivity index (χ0v) is 13.7. The Balaban J connectivity index is 2.09. The molecule has 0 aliphatic carbocycles. The van der Waals surface area contributed by atoms with E-state index in [9.17, 15) is 0 Å². The van der Waals surface area contributed by atoms with Gasteiger partial charge in [0.2, 0.25) is 0 Å². The molecule has 1 unspecified atom stereocenters. The summed E-state index contributed by atoms with van der Waals surface area (Å²) in [5.41, 5.74) is 1.39. The number of nitrogens with one attached hydrogen (secondary N) is 1. The fourth-order valence-corrected chi connectivity index (χ4v) is 2.95. The number of benzene rings is 1. The lowest BCUT2D eigenvalue weighted by Gasteiger charge is -2.27. The largest absolute Gasteiger partial charge is 0.361 e. The summed E-state index contributed by atoms with van der Waals surface area (Å²) in [5, 5.41) is 4.47. The molecule has 1 atom stereocenters. The average Bonchev–Trinajstić information content (AvgIpc) is 2.66. The Kier molecular flexibility index (Phi) is 3.97. The van der Waals surface area contributed by atoms with E-state index in [0.717, 1.165) is 21.7 Å². The third-order valence-electron chi connectivity index (χ3n) is 3.39. The molecule has 0 aliphatic heterocycles. The van der Waals surface area contributed by atoms with Gasteiger partial charge in [-0.15, -0.1) is 0 Å². The molecule has 0 aliphatic rings. The van der Waals surface area contributed by atoms with Crippen molar-refractivity contribution >= 4 is 42.6 Å². The van der Waals surface area contributed by atoms with Crippen molar-refractivity contribution in [2.45, 2.75) is 27.7 Å². The van der Waals surface area contributed by atoms with E-state index in [0.29, 0.717) is 11.3 Å². The second-order valence-corrected chi connectivity index (χ2v) is 7.73. The number of fused-ring (bicyclic) bond motifs is 1. The van der Waals surface area contributed by atoms with Crippen LogP contribution in [0.5, 0.6) is 0 Å². The van der Waals surface area contributed by atoms with Crippen LogP contribution >= 0.6 is 27.3 Å². The number of hydrogen-bond donors (Lipinski definition) is 1. The van der Waals surface area contributed by atoms with E-state index in [1.165, 1.54) is 4.70 Å². The van der Waals surface area contributed by atoms with Gasteiger partial charge in [-0.2, -0.15) is 0 Å². The highest BCUT2D eigenvalue weighted by Crippen LogP contribution is 2.30. The van der Waals surface area contributed by atoms with E-state index < -0.39 is 0 Å². The van der Waals surface area contributed by atoms with E-state index in [2.05, 4.69) is 60.0 Å². The maximum absolute atomic E-state index is 4.59. The maximum Gasteiger partial charge on any atom is 0.183 e. The van der Waals surface area contributed by atoms with Gasteiger partial charge in [-0.25, -0.2) is 4.98 Å². The molecule has 0 saturated carbocycles. The molecule has 2 nitrogen and oxygen atoms in total. The van der Waals surface area contributed by atoms with Crippen LogP contribution in [0.25, 0.3) is 10.2 Å². The van der Waals surface area contributed by atoms with E-state index in [1.54, 1.807) is 11.3 Å². The first kappa shape index (κ1) is 13.8. The summed E-state index contributed by atoms with van der Waals surface area (Å²) in [6, 6.07) is 6.20. The minimum atomic E-state index is 0.326. The van der Waals surface area contributed by atoms with Gasteiger partial charge in [-0.1, -0.05) is 55.0 Å². The van der Waals surface area contributed by atoms with Crippen LogP contribution in [0.4, 0.5) is 5.13 Å². The van der Waals surface area contributed by atoms with Crippen LogP contribution in [0, 0.1) is 11.3 Å². The molecule has 0 radical (unpaired) electrons. The number of rotatable bonds is 3. The highest BCUT2D eigenvalue weighted by Gasteiger charge is 2.19. The Bertz CT molecular complexity index is 542. The van der Waals surface area contributed by atoms with Crippen LogP contribution in [-0.2, 0) is 0 Å². The Morgan fingerprint density at radius 1 is 1.39 bits per heavy atom. The summed E-state index contributed by atoms with van der Waals surface area (Å²) in [6.07, 6.45) is 0. The second kappa shape index (κ2) is 5.17. The Labute approximate surface area is 121 Å². The lowest BCUT2D eigenvalue weighted by atomic mass is 9.82. The van der Waals surface area contributed by atoms with Crippen LogP contribution < -0.4 is 5.32 Å². The Morgan fingerprint density at radius 2 is 2.11 bits per heavy atom. The van der Waals surface area contributed by atoms with Crippen molar-refractivity contribution in [3.8, 4) is 0 Å². The quantitative estimate of drug-likeness (QED) is 0.843. The van der Waals surface area contributed by atoms with Crippen molar-refractivity contribution in [2.75, 3.05) is 11.9 Å². The molecule has 0 amide bonds. The fraction of sp³-hybridized carbons (Fsp3) is 0.500. The molecule has 2 aromatic rings. The number of halogens is 1. The van der Waals surface area contributed by atoms with Crippen molar-refractivity contribution in [1.82, 2.24) is 4.98 Å². The molecule has 1 aromatic heterocycles. The van der Waals surface area contributed by atoms with Gasteiger partial charge >= 0.3 is 0 Å². The van der Waals surface area contributed by atoms with Crippen molar-refractivity contribution in [3.05, 3.63) is 22.7 Å². The average molecular weight is 327 g/mol. The van der Waals surface area contributed by atoms with E-state index in [4.69, 9.17) is 0 Å². The van der Waals surface area contributed by atoms with Crippen LogP contribution in [0.3, 0.4) is 0 Å². The zero-order chi connectivity index (χ0) is 13.3. The molecule has 1 aromatic carbocycles. The highest BCUT2D eigenvalue weighted by atomic mass is 79.9. The molecule has 1 heterocycles. The number of anilines is 1. The molecule has 0 bridgehead atoms. The van der Waals surface area contributed by atoms with Crippen LogP contribution in [0.2, 0.25) is 0 Å². The first-order chi connectivity index (χ1) is 8.36. The number of thiazole rings is 1. The number of hydrogen-bond acceptors (Lipinski definition) is 3. The summed E-state index contributed by atoms with van der Waals surface area (Å²) < 4.78 is 2.32. The van der Waals surface area contributed by atoms with Crippen LogP contribution in [0.15, 0.2) is 22.7 Å². The highest BCUT2D eigenvalue weighted by molar-refractivity contribution is 9.10. The molecular weight excluding hydrogens is 308 g/mol. The second-order valence-electron chi connectivity index (χ2n) is 5.78. The van der Waals surface area contributed by atoms with Gasteiger partial charge in [-0.3, -0.25) is 0 Å². The topological polar surface area (TPSA) is 24.9 Å². The van der Waals surface area contributed by atoms with Crippen LogP contribution in [-0.4, -0.2) is 11.5 Å². The van der Waals surface area contributed by atoms with Gasteiger partial charge in [0.05, 0.1) is 10.2 Å². The van der Waals surface area contributed by atoms with Gasteiger partial charge in [0.1, 0.15) is 0 Å². The van der Waals surface area contributed by atoms with Gasteiger partial charge in [0.15, 0.2) is 5.13 Å². The summed E-state index contributed by atoms with van der Waals surface area (Å²) in [6.45, 7) is 10.1. The first-order valence-electron chi connectivity index (χ1n) is 6.16. The zero-order valence-electron chi connectivity index (χ0n) is 11.2. The molecular formula is C14H19BrN2S. The van der Waals surface area contributed by atoms with E-state index >= 15 is 0 Å². The van der Waals surface area contributed by atoms with Crippen LogP contribution in [0.1, 0.15) is 27.7 Å². The molecule has 1 N–H and O–H groups in total. The SMILES string of the molecule is CC(CNc1nc2ccc(Br)cc2s1)C(C)(C)C. The molecule has 0 spiro atoms. The monoisotopic (exact) mass is 326 g/mol. The smallest absolute Gasteiger partial charge is 0.183 e. The summed E-state index contributed by atoms with van der Waals surface area (Å²) >= 11 is 5.20. The maximum atomic E-state index is 4.59. The third-order valence-corrected chi connectivity index (χ3v) is 4.86. The predicted octanol–water partition coefficient (Wildman–Crippen LogP) is 5.15. The third kappa shape index (κ3) is 3.23. The standard InChI is InChI=1S/C14H19BrN2S/c1-9(14(2,3)4)8-16-13-17-11-6-5-10(15)7-12(11)18-13/h5-7,9H,8H2,1-4H3,(H,16,17). The van der Waals surface area contributed by atoms with Gasteiger partial charge < -0.3 is 5.32 Å². The number of aromatic nitrogens is 1. The predicted molar refractivity (Wildman–Crippen MR) is 84.4 cm³/mol. The lowest BCUT2D eigenvalue weighted by Crippen LogP contribution is -2.24. The number of nitrogens with zero attached hydrogens (tertiary/aromatic N) is 1. The summed E-state index contributed by atoms with van der Waals surface area (Å²) in [5.74, 6) is 0.608. The first-order valence-corrected chi connectivity index (χ1v) is 7.77. The summed E-state index contributed by atoms with van der Waals surface area (Å²) in [7, 11) is 0. The van der Waals surface area contributed by atoms with Crippen molar-refractivity contribution in [2.24, 2.45) is 11.3 Å². The van der Waals surface area contributed by atoms with Crippen molar-refractivity contribution in [3.63, 3.8) is 0 Å². The normalized spacial score (nSPS) is 13.8. The Hall–Kier alpha value is -0.610. The van der Waals surface area contributed by atoms with E-state index in [1.807, 2.05) is 12.1 Å². The van der Waals surface area contributed by atoms with Gasteiger partial charge in [0.25, 0.3) is 0 Å². The fourth-order valence-electron chi connectivity index (χ4n) is 1.52. The van der Waals surface area contributed by atoms with E-state index in [-0.39, 0.29) is 0 Å². The summed E-state index contributed by atoms with van der Waals surface area (Å²) in [4.78, 5) is 4.59. The van der Waals surface area contributed by atoms with Crippen molar-refractivity contribution in [1.29, 1.82) is 0 Å². The minimum Gasteiger partial charge on any atom is -0.361 e. The van der Waals surface area contributed by atoms with Gasteiger partial charge in [0, 0.05) is 11.0 Å². The molecule has 18 heavy (non-hydrogen) atoms. The lowest BCUT2D eigenvalue weighted by molar-refractivity contribution is 0.274. The molecule has 0 fully saturated rings.